The fourth-order valence-corrected chi connectivity index (χ4v) is 2.41. The van der Waals surface area contributed by atoms with Gasteiger partial charge in [0.05, 0.1) is 18.2 Å². The summed E-state index contributed by atoms with van der Waals surface area (Å²) in [6.07, 6.45) is 3.31. The van der Waals surface area contributed by atoms with E-state index in [9.17, 15) is 0 Å². The van der Waals surface area contributed by atoms with Crippen LogP contribution >= 0.6 is 11.6 Å². The van der Waals surface area contributed by atoms with Crippen LogP contribution in [0.25, 0.3) is 22.8 Å². The maximum absolute atomic E-state index is 6.33. The zero-order valence-electron chi connectivity index (χ0n) is 13.5. The zero-order chi connectivity index (χ0) is 17.1. The van der Waals surface area contributed by atoms with E-state index >= 15 is 0 Å². The van der Waals surface area contributed by atoms with E-state index in [-0.39, 0.29) is 6.10 Å². The molecule has 24 heavy (non-hydrogen) atoms. The Bertz CT molecular complexity index is 834. The normalized spacial score (nSPS) is 10.9. The predicted molar refractivity (Wildman–Crippen MR) is 90.3 cm³/mol. The van der Waals surface area contributed by atoms with Crippen molar-refractivity contribution in [2.24, 2.45) is 0 Å². The van der Waals surface area contributed by atoms with E-state index in [0.29, 0.717) is 33.8 Å². The minimum Gasteiger partial charge on any atom is -0.493 e. The quantitative estimate of drug-likeness (QED) is 0.688. The van der Waals surface area contributed by atoms with Crippen LogP contribution in [-0.2, 0) is 0 Å². The molecule has 6 nitrogen and oxygen atoms in total. The maximum Gasteiger partial charge on any atom is 0.258 e. The highest BCUT2D eigenvalue weighted by atomic mass is 35.5. The molecule has 3 rings (SSSR count). The van der Waals surface area contributed by atoms with Crippen molar-refractivity contribution in [3.8, 4) is 34.3 Å². The van der Waals surface area contributed by atoms with E-state index < -0.39 is 0 Å². The molecule has 0 fully saturated rings. The molecular weight excluding hydrogens is 330 g/mol. The highest BCUT2D eigenvalue weighted by Crippen LogP contribution is 2.39. The van der Waals surface area contributed by atoms with Gasteiger partial charge in [-0.2, -0.15) is 4.98 Å². The molecule has 2 aromatic heterocycles. The van der Waals surface area contributed by atoms with Crippen molar-refractivity contribution in [1.82, 2.24) is 15.1 Å². The van der Waals surface area contributed by atoms with Crippen molar-refractivity contribution in [2.45, 2.75) is 20.0 Å². The van der Waals surface area contributed by atoms with E-state index in [0.717, 1.165) is 5.56 Å². The molecular formula is C17H16ClN3O3. The second kappa shape index (κ2) is 6.88. The van der Waals surface area contributed by atoms with Gasteiger partial charge in [-0.25, -0.2) is 0 Å². The maximum atomic E-state index is 6.33. The monoisotopic (exact) mass is 345 g/mol. The Hall–Kier alpha value is -2.60. The molecule has 0 aliphatic heterocycles. The molecule has 2 heterocycles. The summed E-state index contributed by atoms with van der Waals surface area (Å²) in [5, 5.41) is 4.43. The first-order valence-electron chi connectivity index (χ1n) is 7.37. The molecule has 0 radical (unpaired) electrons. The Balaban J connectivity index is 1.98. The lowest BCUT2D eigenvalue weighted by molar-refractivity contribution is 0.230. The van der Waals surface area contributed by atoms with Crippen molar-refractivity contribution in [1.29, 1.82) is 0 Å². The van der Waals surface area contributed by atoms with Gasteiger partial charge in [0.2, 0.25) is 5.82 Å². The minimum absolute atomic E-state index is 0.0225. The standard InChI is InChI=1S/C17H16ClN3O3/c1-10(2)23-15-13(18)8-12(9-14(15)22-3)16-20-17(24-21-16)11-4-6-19-7-5-11/h4-10H,1-3H3. The molecule has 0 saturated heterocycles. The highest BCUT2D eigenvalue weighted by Gasteiger charge is 2.17. The molecule has 0 amide bonds. The van der Waals surface area contributed by atoms with Crippen LogP contribution in [0.15, 0.2) is 41.2 Å². The summed E-state index contributed by atoms with van der Waals surface area (Å²) in [4.78, 5) is 8.36. The van der Waals surface area contributed by atoms with Crippen molar-refractivity contribution >= 4 is 11.6 Å². The van der Waals surface area contributed by atoms with Gasteiger partial charge in [0.15, 0.2) is 11.5 Å². The Labute approximate surface area is 144 Å². The smallest absolute Gasteiger partial charge is 0.258 e. The highest BCUT2D eigenvalue weighted by molar-refractivity contribution is 6.32. The molecule has 0 spiro atoms. The average molecular weight is 346 g/mol. The molecule has 0 N–H and O–H groups in total. The Morgan fingerprint density at radius 3 is 2.54 bits per heavy atom. The molecule has 0 bridgehead atoms. The molecule has 0 saturated carbocycles. The fraction of sp³-hybridized carbons (Fsp3) is 0.235. The summed E-state index contributed by atoms with van der Waals surface area (Å²) < 4.78 is 16.4. The number of halogens is 1. The number of benzene rings is 1. The Morgan fingerprint density at radius 1 is 1.12 bits per heavy atom. The zero-order valence-corrected chi connectivity index (χ0v) is 14.2. The average Bonchev–Trinajstić information content (AvgIpc) is 3.07. The van der Waals surface area contributed by atoms with E-state index in [2.05, 4.69) is 15.1 Å². The van der Waals surface area contributed by atoms with E-state index in [1.807, 2.05) is 13.8 Å². The number of ether oxygens (including phenoxy) is 2. The lowest BCUT2D eigenvalue weighted by Crippen LogP contribution is -2.07. The first-order valence-corrected chi connectivity index (χ1v) is 7.75. The van der Waals surface area contributed by atoms with Crippen LogP contribution in [-0.4, -0.2) is 28.3 Å². The van der Waals surface area contributed by atoms with Gasteiger partial charge in [-0.15, -0.1) is 0 Å². The predicted octanol–water partition coefficient (Wildman–Crippen LogP) is 4.25. The van der Waals surface area contributed by atoms with Crippen molar-refractivity contribution < 1.29 is 14.0 Å². The van der Waals surface area contributed by atoms with Gasteiger partial charge in [-0.05, 0) is 38.1 Å². The van der Waals surface area contributed by atoms with Crippen molar-refractivity contribution in [2.75, 3.05) is 7.11 Å². The SMILES string of the molecule is COc1cc(-c2noc(-c3ccncc3)n2)cc(Cl)c1OC(C)C. The summed E-state index contributed by atoms with van der Waals surface area (Å²) in [5.74, 6) is 1.83. The Morgan fingerprint density at radius 2 is 1.88 bits per heavy atom. The third kappa shape index (κ3) is 3.33. The lowest BCUT2D eigenvalue weighted by atomic mass is 10.2. The lowest BCUT2D eigenvalue weighted by Gasteiger charge is -2.15. The van der Waals surface area contributed by atoms with Crippen LogP contribution in [0.5, 0.6) is 11.5 Å². The summed E-state index contributed by atoms with van der Waals surface area (Å²) in [6, 6.07) is 7.09. The van der Waals surface area contributed by atoms with Gasteiger partial charge < -0.3 is 14.0 Å². The second-order valence-electron chi connectivity index (χ2n) is 5.32. The molecule has 124 valence electrons. The van der Waals surface area contributed by atoms with Crippen LogP contribution in [0.2, 0.25) is 5.02 Å². The fourth-order valence-electron chi connectivity index (χ4n) is 2.15. The molecule has 7 heteroatoms. The largest absolute Gasteiger partial charge is 0.493 e. The number of aromatic nitrogens is 3. The van der Waals surface area contributed by atoms with Gasteiger partial charge >= 0.3 is 0 Å². The van der Waals surface area contributed by atoms with Gasteiger partial charge in [0.1, 0.15) is 0 Å². The number of nitrogens with zero attached hydrogens (tertiary/aromatic N) is 3. The molecule has 1 aromatic carbocycles. The summed E-state index contributed by atoms with van der Waals surface area (Å²) in [5.41, 5.74) is 1.47. The number of rotatable bonds is 5. The van der Waals surface area contributed by atoms with Gasteiger partial charge in [0.25, 0.3) is 5.89 Å². The molecule has 0 aliphatic rings. The van der Waals surface area contributed by atoms with E-state index in [4.69, 9.17) is 25.6 Å². The number of hydrogen-bond acceptors (Lipinski definition) is 6. The molecule has 0 unspecified atom stereocenters. The topological polar surface area (TPSA) is 70.3 Å². The number of pyridine rings is 1. The third-order valence-corrected chi connectivity index (χ3v) is 3.48. The summed E-state index contributed by atoms with van der Waals surface area (Å²) in [7, 11) is 1.56. The van der Waals surface area contributed by atoms with Crippen molar-refractivity contribution in [3.05, 3.63) is 41.7 Å². The minimum atomic E-state index is -0.0225. The van der Waals surface area contributed by atoms with Crippen molar-refractivity contribution in [3.63, 3.8) is 0 Å². The first-order chi connectivity index (χ1) is 11.6. The van der Waals surface area contributed by atoms with Crippen LogP contribution < -0.4 is 9.47 Å². The van der Waals surface area contributed by atoms with Crippen LogP contribution in [0.1, 0.15) is 13.8 Å². The van der Waals surface area contributed by atoms with Gasteiger partial charge in [-0.1, -0.05) is 16.8 Å². The number of hydrogen-bond donors (Lipinski definition) is 0. The second-order valence-corrected chi connectivity index (χ2v) is 5.72. The molecule has 3 aromatic rings. The molecule has 0 atom stereocenters. The van der Waals surface area contributed by atoms with Gasteiger partial charge in [-0.3, -0.25) is 4.98 Å². The summed E-state index contributed by atoms with van der Waals surface area (Å²) >= 11 is 6.33. The van der Waals surface area contributed by atoms with Crippen LogP contribution in [0.3, 0.4) is 0 Å². The van der Waals surface area contributed by atoms with Crippen LogP contribution in [0, 0.1) is 0 Å². The third-order valence-electron chi connectivity index (χ3n) is 3.19. The molecule has 0 aliphatic carbocycles. The van der Waals surface area contributed by atoms with E-state index in [1.54, 1.807) is 43.8 Å². The summed E-state index contributed by atoms with van der Waals surface area (Å²) in [6.45, 7) is 3.84. The van der Waals surface area contributed by atoms with Crippen LogP contribution in [0.4, 0.5) is 0 Å². The number of methoxy groups -OCH3 is 1. The van der Waals surface area contributed by atoms with E-state index in [1.165, 1.54) is 0 Å². The van der Waals surface area contributed by atoms with Gasteiger partial charge in [0, 0.05) is 23.5 Å². The Kier molecular flexibility index (Phi) is 4.66. The first kappa shape index (κ1) is 16.3.